The van der Waals surface area contributed by atoms with Crippen molar-refractivity contribution >= 4 is 0 Å². The van der Waals surface area contributed by atoms with Crippen LogP contribution in [0.4, 0.5) is 70.2 Å². The first-order valence-corrected chi connectivity index (χ1v) is 5.52. The summed E-state index contributed by atoms with van der Waals surface area (Å²) in [6.07, 6.45) is -35.9. The van der Waals surface area contributed by atoms with Crippen molar-refractivity contribution in [1.29, 1.82) is 0 Å². The van der Waals surface area contributed by atoms with Gasteiger partial charge in [-0.05, 0) is 0 Å². The standard InChI is InChI=1S/C10F16/c11-5(10(24,25)26)3(8(18,19)20)1(6(12,13)14)2(7(15,16)17)4(5)9(21,22)23. The number of rotatable bonds is 0. The molecule has 1 aliphatic carbocycles. The van der Waals surface area contributed by atoms with Crippen molar-refractivity contribution < 1.29 is 70.2 Å². The van der Waals surface area contributed by atoms with Crippen LogP contribution in [-0.2, 0) is 0 Å². The van der Waals surface area contributed by atoms with Crippen LogP contribution in [0.5, 0.6) is 0 Å². The molecule has 0 spiro atoms. The van der Waals surface area contributed by atoms with Gasteiger partial charge in [-0.1, -0.05) is 0 Å². The molecule has 0 saturated carbocycles. The van der Waals surface area contributed by atoms with Gasteiger partial charge in [-0.25, -0.2) is 4.39 Å². The summed E-state index contributed by atoms with van der Waals surface area (Å²) in [5.74, 6) is 0. The van der Waals surface area contributed by atoms with Crippen LogP contribution in [0, 0.1) is 0 Å². The van der Waals surface area contributed by atoms with Gasteiger partial charge >= 0.3 is 30.9 Å². The largest absolute Gasteiger partial charge is 0.431 e. The van der Waals surface area contributed by atoms with E-state index >= 15 is 0 Å². The zero-order valence-corrected chi connectivity index (χ0v) is 11.0. The van der Waals surface area contributed by atoms with Crippen LogP contribution in [0.1, 0.15) is 0 Å². The summed E-state index contributed by atoms with van der Waals surface area (Å²) in [6, 6.07) is 0. The smallest absolute Gasteiger partial charge is 0.223 e. The maximum Gasteiger partial charge on any atom is 0.431 e. The van der Waals surface area contributed by atoms with Crippen molar-refractivity contribution in [2.75, 3.05) is 0 Å². The Bertz CT molecular complexity index is 591. The SMILES string of the molecule is FC(F)(F)C1=C(C(F)(F)F)C(F)(C(F)(F)F)C(C(F)(F)F)=C1C(F)(F)F. The molecule has 1 rings (SSSR count). The normalized spacial score (nSPS) is 20.3. The second kappa shape index (κ2) is 5.43. The number of hydrogen-bond acceptors (Lipinski definition) is 0. The quantitative estimate of drug-likeness (QED) is 0.412. The average Bonchev–Trinajstić information content (AvgIpc) is 2.57. The molecule has 0 aromatic carbocycles. The number of alkyl halides is 16. The topological polar surface area (TPSA) is 0 Å². The summed E-state index contributed by atoms with van der Waals surface area (Å²) in [7, 11) is 0. The Morgan fingerprint density at radius 1 is 0.423 bits per heavy atom. The highest BCUT2D eigenvalue weighted by atomic mass is 19.4. The second-order valence-electron chi connectivity index (χ2n) is 4.65. The van der Waals surface area contributed by atoms with E-state index in [1.54, 1.807) is 0 Å². The highest BCUT2D eigenvalue weighted by molar-refractivity contribution is 5.63. The molecule has 0 nitrogen and oxygen atoms in total. The van der Waals surface area contributed by atoms with E-state index in [1.165, 1.54) is 0 Å². The fourth-order valence-electron chi connectivity index (χ4n) is 2.24. The van der Waals surface area contributed by atoms with Gasteiger partial charge < -0.3 is 0 Å². The molecule has 0 fully saturated rings. The minimum Gasteiger partial charge on any atom is -0.223 e. The van der Waals surface area contributed by atoms with Gasteiger partial charge in [-0.15, -0.1) is 0 Å². The van der Waals surface area contributed by atoms with E-state index in [9.17, 15) is 70.2 Å². The van der Waals surface area contributed by atoms with E-state index in [2.05, 4.69) is 0 Å². The maximum absolute atomic E-state index is 14.0. The Morgan fingerprint density at radius 2 is 0.654 bits per heavy atom. The molecule has 0 amide bonds. The summed E-state index contributed by atoms with van der Waals surface area (Å²) in [6.45, 7) is 0. The van der Waals surface area contributed by atoms with Crippen molar-refractivity contribution in [3.63, 3.8) is 0 Å². The molecule has 0 heterocycles. The molecule has 0 radical (unpaired) electrons. The molecule has 0 unspecified atom stereocenters. The van der Waals surface area contributed by atoms with Crippen molar-refractivity contribution in [3.05, 3.63) is 22.3 Å². The Hall–Kier alpha value is -1.64. The third-order valence-electron chi connectivity index (χ3n) is 2.96. The molecule has 0 atom stereocenters. The van der Waals surface area contributed by atoms with Gasteiger partial charge in [0.05, 0.1) is 22.3 Å². The molecule has 0 saturated heterocycles. The van der Waals surface area contributed by atoms with Gasteiger partial charge in [0.1, 0.15) is 0 Å². The predicted octanol–water partition coefficient (Wildman–Crippen LogP) is 6.11. The molecule has 16 heteroatoms. The highest BCUT2D eigenvalue weighted by Crippen LogP contribution is 2.65. The van der Waals surface area contributed by atoms with Crippen molar-refractivity contribution in [1.82, 2.24) is 0 Å². The Morgan fingerprint density at radius 3 is 0.769 bits per heavy atom. The third kappa shape index (κ3) is 3.33. The number of allylic oxidation sites excluding steroid dienone is 4. The van der Waals surface area contributed by atoms with Crippen LogP contribution < -0.4 is 0 Å². The molecule has 0 aromatic heterocycles. The zero-order valence-electron chi connectivity index (χ0n) is 11.0. The first kappa shape index (κ1) is 22.4. The molecule has 0 bridgehead atoms. The van der Waals surface area contributed by atoms with Crippen molar-refractivity contribution in [2.45, 2.75) is 36.6 Å². The van der Waals surface area contributed by atoms with Gasteiger partial charge in [0, 0.05) is 0 Å². The molecular weight excluding hydrogens is 424 g/mol. The summed E-state index contributed by atoms with van der Waals surface area (Å²) in [5.41, 5.74) is -25.4. The Balaban J connectivity index is 4.34. The van der Waals surface area contributed by atoms with E-state index in [1.807, 2.05) is 0 Å². The van der Waals surface area contributed by atoms with Crippen molar-refractivity contribution in [3.8, 4) is 0 Å². The van der Waals surface area contributed by atoms with Gasteiger partial charge in [0.2, 0.25) is 0 Å². The van der Waals surface area contributed by atoms with Crippen LogP contribution >= 0.6 is 0 Å². The van der Waals surface area contributed by atoms with E-state index in [0.29, 0.717) is 0 Å². The van der Waals surface area contributed by atoms with E-state index in [4.69, 9.17) is 0 Å². The molecular formula is C10F16. The fourth-order valence-corrected chi connectivity index (χ4v) is 2.24. The average molecular weight is 424 g/mol. The fraction of sp³-hybridized carbons (Fsp3) is 0.600. The lowest BCUT2D eigenvalue weighted by Crippen LogP contribution is -2.50. The summed E-state index contributed by atoms with van der Waals surface area (Å²) in [5, 5.41) is 0. The number of halogens is 16. The van der Waals surface area contributed by atoms with Crippen LogP contribution in [0.25, 0.3) is 0 Å². The lowest BCUT2D eigenvalue weighted by molar-refractivity contribution is -0.238. The minimum atomic E-state index is -7.45. The first-order valence-electron chi connectivity index (χ1n) is 5.52. The molecule has 0 N–H and O–H groups in total. The zero-order chi connectivity index (χ0) is 21.3. The number of hydrogen-bond donors (Lipinski definition) is 0. The van der Waals surface area contributed by atoms with Crippen molar-refractivity contribution in [2.24, 2.45) is 0 Å². The highest BCUT2D eigenvalue weighted by Gasteiger charge is 2.79. The van der Waals surface area contributed by atoms with Crippen LogP contribution in [0.2, 0.25) is 0 Å². The molecule has 26 heavy (non-hydrogen) atoms. The van der Waals surface area contributed by atoms with E-state index in [0.717, 1.165) is 0 Å². The van der Waals surface area contributed by atoms with Gasteiger partial charge in [0.25, 0.3) is 5.67 Å². The van der Waals surface area contributed by atoms with Crippen LogP contribution in [-0.4, -0.2) is 36.6 Å². The monoisotopic (exact) mass is 424 g/mol. The lowest BCUT2D eigenvalue weighted by atomic mass is 9.89. The second-order valence-corrected chi connectivity index (χ2v) is 4.65. The first-order chi connectivity index (χ1) is 11.0. The van der Waals surface area contributed by atoms with E-state index in [-0.39, 0.29) is 0 Å². The predicted molar refractivity (Wildman–Crippen MR) is 48.2 cm³/mol. The summed E-state index contributed by atoms with van der Waals surface area (Å²) < 4.78 is 203. The lowest BCUT2D eigenvalue weighted by Gasteiger charge is -2.31. The van der Waals surface area contributed by atoms with Gasteiger partial charge in [0.15, 0.2) is 0 Å². The van der Waals surface area contributed by atoms with E-state index < -0.39 is 58.8 Å². The summed E-state index contributed by atoms with van der Waals surface area (Å²) in [4.78, 5) is 0. The van der Waals surface area contributed by atoms with Gasteiger partial charge in [-0.2, -0.15) is 65.9 Å². The van der Waals surface area contributed by atoms with Crippen LogP contribution in [0.3, 0.4) is 0 Å². The Labute approximate surface area is 130 Å². The molecule has 1 aliphatic rings. The minimum absolute atomic E-state index is 4.44. The van der Waals surface area contributed by atoms with Gasteiger partial charge in [-0.3, -0.25) is 0 Å². The maximum atomic E-state index is 14.0. The Kier molecular flexibility index (Phi) is 4.68. The molecule has 0 aromatic rings. The molecule has 0 aliphatic heterocycles. The van der Waals surface area contributed by atoms with Crippen LogP contribution in [0.15, 0.2) is 22.3 Å². The molecule has 152 valence electrons. The summed E-state index contributed by atoms with van der Waals surface area (Å²) >= 11 is 0. The third-order valence-corrected chi connectivity index (χ3v) is 2.96.